The van der Waals surface area contributed by atoms with Crippen LogP contribution in [0.15, 0.2) is 66.0 Å². The monoisotopic (exact) mass is 383 g/mol. The molecule has 0 saturated heterocycles. The molecule has 3 rings (SSSR count). The van der Waals surface area contributed by atoms with Crippen molar-refractivity contribution in [3.63, 3.8) is 0 Å². The largest absolute Gasteiger partial charge is 0.452 e. The first-order valence-electron chi connectivity index (χ1n) is 8.35. The van der Waals surface area contributed by atoms with Crippen LogP contribution in [0.25, 0.3) is 0 Å². The summed E-state index contributed by atoms with van der Waals surface area (Å²) in [4.78, 5) is 25.3. The Hall–Kier alpha value is -2.99. The number of hydrogen-bond donors (Lipinski definition) is 1. The molecule has 4 nitrogen and oxygen atoms in total. The van der Waals surface area contributed by atoms with Gasteiger partial charge in [0, 0.05) is 4.88 Å². The molecule has 1 N–H and O–H groups in total. The van der Waals surface area contributed by atoms with Gasteiger partial charge in [0.25, 0.3) is 5.91 Å². The summed E-state index contributed by atoms with van der Waals surface area (Å²) >= 11 is 1.48. The lowest BCUT2D eigenvalue weighted by molar-refractivity contribution is -0.124. The third kappa shape index (κ3) is 5.01. The maximum absolute atomic E-state index is 13.2. The van der Waals surface area contributed by atoms with Gasteiger partial charge >= 0.3 is 5.97 Å². The maximum atomic E-state index is 13.2. The molecule has 6 heteroatoms. The molecule has 1 atom stereocenters. The Labute approximate surface area is 160 Å². The number of esters is 1. The summed E-state index contributed by atoms with van der Waals surface area (Å²) in [7, 11) is 0. The van der Waals surface area contributed by atoms with Crippen molar-refractivity contribution in [1.82, 2.24) is 5.32 Å². The summed E-state index contributed by atoms with van der Waals surface area (Å²) in [6, 6.07) is 16.2. The van der Waals surface area contributed by atoms with E-state index in [0.29, 0.717) is 5.56 Å². The summed E-state index contributed by atoms with van der Waals surface area (Å²) in [5.74, 6) is -1.33. The highest BCUT2D eigenvalue weighted by atomic mass is 32.1. The third-order valence-corrected chi connectivity index (χ3v) is 4.90. The van der Waals surface area contributed by atoms with Crippen molar-refractivity contribution in [3.8, 4) is 0 Å². The van der Waals surface area contributed by atoms with Gasteiger partial charge in [-0.3, -0.25) is 4.79 Å². The number of halogens is 1. The molecular weight excluding hydrogens is 365 g/mol. The Bertz CT molecular complexity index is 906. The fourth-order valence-electron chi connectivity index (χ4n) is 2.54. The number of ether oxygens (including phenoxy) is 1. The molecule has 2 aromatic carbocycles. The normalized spacial score (nSPS) is 11.6. The number of aryl methyl sites for hydroxylation is 1. The van der Waals surface area contributed by atoms with E-state index < -0.39 is 24.5 Å². The SMILES string of the molecule is Cc1ccc(C(=O)OCC(=O)N[C@H](c2ccc(F)cc2)c2cccs2)cc1. The summed E-state index contributed by atoms with van der Waals surface area (Å²) in [5, 5.41) is 4.74. The van der Waals surface area contributed by atoms with E-state index in [0.717, 1.165) is 16.0 Å². The fraction of sp³-hybridized carbons (Fsp3) is 0.143. The number of amides is 1. The highest BCUT2D eigenvalue weighted by Crippen LogP contribution is 2.26. The number of rotatable bonds is 6. The summed E-state index contributed by atoms with van der Waals surface area (Å²) in [6.07, 6.45) is 0. The Balaban J connectivity index is 1.65. The molecule has 0 unspecified atom stereocenters. The molecule has 0 aliphatic rings. The van der Waals surface area contributed by atoms with E-state index in [-0.39, 0.29) is 5.82 Å². The quantitative estimate of drug-likeness (QED) is 0.647. The van der Waals surface area contributed by atoms with Crippen LogP contribution < -0.4 is 5.32 Å². The average molecular weight is 383 g/mol. The first kappa shape index (κ1) is 18.8. The summed E-state index contributed by atoms with van der Waals surface area (Å²) < 4.78 is 18.3. The van der Waals surface area contributed by atoms with Gasteiger partial charge in [0.05, 0.1) is 11.6 Å². The molecule has 0 saturated carbocycles. The molecule has 1 heterocycles. The minimum Gasteiger partial charge on any atom is -0.452 e. The van der Waals surface area contributed by atoms with Crippen LogP contribution in [0.1, 0.15) is 32.4 Å². The van der Waals surface area contributed by atoms with E-state index in [2.05, 4.69) is 5.32 Å². The molecule has 3 aromatic rings. The van der Waals surface area contributed by atoms with E-state index >= 15 is 0 Å². The Morgan fingerprint density at radius 2 is 1.78 bits per heavy atom. The molecule has 0 bridgehead atoms. The van der Waals surface area contributed by atoms with Crippen LogP contribution in [0.2, 0.25) is 0 Å². The smallest absolute Gasteiger partial charge is 0.338 e. The van der Waals surface area contributed by atoms with Crippen molar-refractivity contribution in [2.24, 2.45) is 0 Å². The van der Waals surface area contributed by atoms with Crippen molar-refractivity contribution < 1.29 is 18.7 Å². The van der Waals surface area contributed by atoms with Crippen molar-refractivity contribution in [3.05, 3.63) is 93.4 Å². The maximum Gasteiger partial charge on any atom is 0.338 e. The van der Waals surface area contributed by atoms with E-state index in [1.165, 1.54) is 23.5 Å². The zero-order chi connectivity index (χ0) is 19.2. The standard InChI is InChI=1S/C21H18FNO3S/c1-14-4-6-16(7-5-14)21(25)26-13-19(24)23-20(18-3-2-12-27-18)15-8-10-17(22)11-9-15/h2-12,20H,13H2,1H3,(H,23,24)/t20-/m1/s1. The van der Waals surface area contributed by atoms with Crippen molar-refractivity contribution in [2.75, 3.05) is 6.61 Å². The molecule has 0 spiro atoms. The second-order valence-corrected chi connectivity index (χ2v) is 6.99. The van der Waals surface area contributed by atoms with Gasteiger partial charge in [0.2, 0.25) is 0 Å². The van der Waals surface area contributed by atoms with Crippen LogP contribution in [0.3, 0.4) is 0 Å². The van der Waals surface area contributed by atoms with Crippen molar-refractivity contribution in [2.45, 2.75) is 13.0 Å². The van der Waals surface area contributed by atoms with Gasteiger partial charge < -0.3 is 10.1 Å². The Morgan fingerprint density at radius 1 is 1.07 bits per heavy atom. The molecule has 138 valence electrons. The van der Waals surface area contributed by atoms with Gasteiger partial charge in [-0.05, 0) is 48.2 Å². The van der Waals surface area contributed by atoms with E-state index in [1.54, 1.807) is 36.4 Å². The second-order valence-electron chi connectivity index (χ2n) is 6.01. The molecule has 0 radical (unpaired) electrons. The zero-order valence-electron chi connectivity index (χ0n) is 14.6. The van der Waals surface area contributed by atoms with Crippen molar-refractivity contribution in [1.29, 1.82) is 0 Å². The van der Waals surface area contributed by atoms with Gasteiger partial charge in [-0.2, -0.15) is 0 Å². The third-order valence-electron chi connectivity index (χ3n) is 3.96. The van der Waals surface area contributed by atoms with E-state index in [9.17, 15) is 14.0 Å². The van der Waals surface area contributed by atoms with Crippen LogP contribution in [-0.2, 0) is 9.53 Å². The van der Waals surface area contributed by atoms with Gasteiger partial charge in [-0.1, -0.05) is 35.9 Å². The number of carbonyl (C=O) groups is 2. The highest BCUT2D eigenvalue weighted by Gasteiger charge is 2.19. The number of hydrogen-bond acceptors (Lipinski definition) is 4. The van der Waals surface area contributed by atoms with Gasteiger partial charge in [0.15, 0.2) is 6.61 Å². The average Bonchev–Trinajstić information content (AvgIpc) is 3.20. The Morgan fingerprint density at radius 3 is 2.41 bits per heavy atom. The van der Waals surface area contributed by atoms with Gasteiger partial charge in [0.1, 0.15) is 5.82 Å². The molecule has 0 fully saturated rings. The van der Waals surface area contributed by atoms with Gasteiger partial charge in [-0.25, -0.2) is 9.18 Å². The summed E-state index contributed by atoms with van der Waals surface area (Å²) in [6.45, 7) is 1.53. The minimum absolute atomic E-state index is 0.345. The zero-order valence-corrected chi connectivity index (χ0v) is 15.5. The van der Waals surface area contributed by atoms with Crippen LogP contribution in [0, 0.1) is 12.7 Å². The predicted octanol–water partition coefficient (Wildman–Crippen LogP) is 4.26. The highest BCUT2D eigenvalue weighted by molar-refractivity contribution is 7.10. The van der Waals surface area contributed by atoms with Gasteiger partial charge in [-0.15, -0.1) is 11.3 Å². The first-order chi connectivity index (χ1) is 13.0. The van der Waals surface area contributed by atoms with Crippen LogP contribution in [-0.4, -0.2) is 18.5 Å². The number of benzene rings is 2. The minimum atomic E-state index is -0.556. The van der Waals surface area contributed by atoms with Crippen LogP contribution in [0.5, 0.6) is 0 Å². The van der Waals surface area contributed by atoms with E-state index in [4.69, 9.17) is 4.74 Å². The molecule has 27 heavy (non-hydrogen) atoms. The number of nitrogens with one attached hydrogen (secondary N) is 1. The first-order valence-corrected chi connectivity index (χ1v) is 9.23. The predicted molar refractivity (Wildman–Crippen MR) is 102 cm³/mol. The second kappa shape index (κ2) is 8.60. The topological polar surface area (TPSA) is 55.4 Å². The molecule has 0 aliphatic heterocycles. The van der Waals surface area contributed by atoms with E-state index in [1.807, 2.05) is 24.4 Å². The van der Waals surface area contributed by atoms with Crippen LogP contribution >= 0.6 is 11.3 Å². The lowest BCUT2D eigenvalue weighted by Crippen LogP contribution is -2.32. The molecule has 0 aliphatic carbocycles. The number of thiophene rings is 1. The molecule has 1 amide bonds. The molecule has 1 aromatic heterocycles. The summed E-state index contributed by atoms with van der Waals surface area (Å²) in [5.41, 5.74) is 2.17. The lowest BCUT2D eigenvalue weighted by atomic mass is 10.1. The number of carbonyl (C=O) groups excluding carboxylic acids is 2. The van der Waals surface area contributed by atoms with Crippen molar-refractivity contribution >= 4 is 23.2 Å². The molecular formula is C21H18FNO3S. The van der Waals surface area contributed by atoms with Crippen LogP contribution in [0.4, 0.5) is 4.39 Å². The fourth-order valence-corrected chi connectivity index (χ4v) is 3.34. The lowest BCUT2D eigenvalue weighted by Gasteiger charge is -2.18. The Kier molecular flexibility index (Phi) is 5.98.